The van der Waals surface area contributed by atoms with Crippen LogP contribution in [0.15, 0.2) is 42.6 Å². The number of likely N-dealkylation sites (N-methyl/N-ethyl adjacent to an activating group) is 1. The van der Waals surface area contributed by atoms with E-state index in [1.807, 2.05) is 6.07 Å². The number of pyridine rings is 1. The van der Waals surface area contributed by atoms with Crippen LogP contribution in [0.1, 0.15) is 5.56 Å². The van der Waals surface area contributed by atoms with Gasteiger partial charge in [-0.25, -0.2) is 4.98 Å². The predicted molar refractivity (Wildman–Crippen MR) is 88.8 cm³/mol. The third-order valence-corrected chi connectivity index (χ3v) is 3.20. The van der Waals surface area contributed by atoms with E-state index < -0.39 is 4.92 Å². The molecule has 0 atom stereocenters. The largest absolute Gasteiger partial charge is 0.484 e. The minimum atomic E-state index is -0.484. The molecule has 1 amide bonds. The van der Waals surface area contributed by atoms with E-state index in [0.29, 0.717) is 12.3 Å². The van der Waals surface area contributed by atoms with Crippen LogP contribution < -0.4 is 10.1 Å². The van der Waals surface area contributed by atoms with E-state index in [2.05, 4.69) is 10.3 Å². The van der Waals surface area contributed by atoms with E-state index >= 15 is 0 Å². The van der Waals surface area contributed by atoms with E-state index in [9.17, 15) is 14.9 Å². The lowest BCUT2D eigenvalue weighted by atomic mass is 10.2. The topological polar surface area (TPSA) is 97.6 Å². The van der Waals surface area contributed by atoms with Crippen molar-refractivity contribution in [2.75, 3.05) is 26.0 Å². The average Bonchev–Trinajstić information content (AvgIpc) is 2.58. The fraction of sp³-hybridized carbons (Fsp3) is 0.250. The lowest BCUT2D eigenvalue weighted by Gasteiger charge is -2.12. The Balaban J connectivity index is 2.00. The van der Waals surface area contributed by atoms with Gasteiger partial charge >= 0.3 is 5.69 Å². The number of nitrogens with one attached hydrogen (secondary N) is 1. The number of rotatable bonds is 7. The van der Waals surface area contributed by atoms with Gasteiger partial charge < -0.3 is 15.0 Å². The molecule has 2 rings (SSSR count). The molecule has 24 heavy (non-hydrogen) atoms. The van der Waals surface area contributed by atoms with Gasteiger partial charge in [-0.05, 0) is 23.8 Å². The smallest absolute Gasteiger partial charge is 0.311 e. The van der Waals surface area contributed by atoms with E-state index in [1.54, 1.807) is 32.3 Å². The Labute approximate surface area is 139 Å². The molecule has 1 aromatic carbocycles. The first-order valence-electron chi connectivity index (χ1n) is 7.22. The SMILES string of the molecule is CN(C)C(=O)COc1cccc(CNc2ncccc2[N+](=O)[O-])c1. The van der Waals surface area contributed by atoms with Gasteiger partial charge in [0.15, 0.2) is 6.61 Å². The summed E-state index contributed by atoms with van der Waals surface area (Å²) < 4.78 is 5.44. The third kappa shape index (κ3) is 4.67. The summed E-state index contributed by atoms with van der Waals surface area (Å²) in [5, 5.41) is 13.9. The molecule has 1 N–H and O–H groups in total. The number of nitro groups is 1. The number of aromatic nitrogens is 1. The fourth-order valence-electron chi connectivity index (χ4n) is 1.89. The van der Waals surface area contributed by atoms with Crippen molar-refractivity contribution in [3.05, 3.63) is 58.3 Å². The van der Waals surface area contributed by atoms with Crippen molar-refractivity contribution in [2.45, 2.75) is 6.54 Å². The zero-order chi connectivity index (χ0) is 17.5. The second-order valence-electron chi connectivity index (χ2n) is 5.21. The zero-order valence-corrected chi connectivity index (χ0v) is 13.4. The van der Waals surface area contributed by atoms with E-state index in [-0.39, 0.29) is 24.0 Å². The van der Waals surface area contributed by atoms with Crippen LogP contribution in [0.4, 0.5) is 11.5 Å². The summed E-state index contributed by atoms with van der Waals surface area (Å²) in [5.74, 6) is 0.624. The van der Waals surface area contributed by atoms with E-state index in [4.69, 9.17) is 4.74 Å². The first-order chi connectivity index (χ1) is 11.5. The number of amides is 1. The number of anilines is 1. The Morgan fingerprint density at radius 2 is 2.12 bits per heavy atom. The Hall–Kier alpha value is -3.16. The number of ether oxygens (including phenoxy) is 1. The molecule has 8 nitrogen and oxygen atoms in total. The van der Waals surface area contributed by atoms with Crippen molar-refractivity contribution < 1.29 is 14.5 Å². The maximum absolute atomic E-state index is 11.5. The maximum Gasteiger partial charge on any atom is 0.311 e. The Bertz CT molecular complexity index is 734. The van der Waals surface area contributed by atoms with Gasteiger partial charge in [-0.1, -0.05) is 12.1 Å². The van der Waals surface area contributed by atoms with E-state index in [1.165, 1.54) is 23.2 Å². The Morgan fingerprint density at radius 3 is 2.83 bits per heavy atom. The molecule has 0 aliphatic rings. The Kier molecular flexibility index (Phi) is 5.67. The normalized spacial score (nSPS) is 10.1. The molecule has 0 spiro atoms. The molecule has 2 aromatic rings. The highest BCUT2D eigenvalue weighted by Crippen LogP contribution is 2.21. The van der Waals surface area contributed by atoms with Gasteiger partial charge in [0.2, 0.25) is 5.82 Å². The van der Waals surface area contributed by atoms with Crippen LogP contribution in [-0.2, 0) is 11.3 Å². The van der Waals surface area contributed by atoms with Gasteiger partial charge in [-0.3, -0.25) is 14.9 Å². The summed E-state index contributed by atoms with van der Waals surface area (Å²) in [6, 6.07) is 10.1. The molecule has 0 radical (unpaired) electrons. The van der Waals surface area contributed by atoms with Crippen LogP contribution >= 0.6 is 0 Å². The molecular weight excluding hydrogens is 312 g/mol. The fourth-order valence-corrected chi connectivity index (χ4v) is 1.89. The molecule has 0 saturated heterocycles. The van der Waals surface area contributed by atoms with Gasteiger partial charge in [0.05, 0.1) is 4.92 Å². The minimum absolute atomic E-state index is 0.0460. The first-order valence-corrected chi connectivity index (χ1v) is 7.22. The van der Waals surface area contributed by atoms with Gasteiger partial charge in [-0.15, -0.1) is 0 Å². The van der Waals surface area contributed by atoms with Crippen LogP contribution in [0.25, 0.3) is 0 Å². The summed E-state index contributed by atoms with van der Waals surface area (Å²) in [6.07, 6.45) is 1.49. The number of hydrogen-bond donors (Lipinski definition) is 1. The average molecular weight is 330 g/mol. The minimum Gasteiger partial charge on any atom is -0.484 e. The molecular formula is C16H18N4O4. The van der Waals surface area contributed by atoms with Gasteiger partial charge in [0.1, 0.15) is 5.75 Å². The van der Waals surface area contributed by atoms with Crippen molar-refractivity contribution in [1.29, 1.82) is 0 Å². The van der Waals surface area contributed by atoms with Crippen LogP contribution in [0.2, 0.25) is 0 Å². The van der Waals surface area contributed by atoms with Crippen LogP contribution in [0.3, 0.4) is 0 Å². The standard InChI is InChI=1S/C16H18N4O4/c1-19(2)15(21)11-24-13-6-3-5-12(9-13)10-18-16-14(20(22)23)7-4-8-17-16/h3-9H,10-11H2,1-2H3,(H,17,18). The van der Waals surface area contributed by atoms with Crippen molar-refractivity contribution in [3.8, 4) is 5.75 Å². The summed E-state index contributed by atoms with van der Waals surface area (Å²) in [5.41, 5.74) is 0.770. The van der Waals surface area contributed by atoms with Crippen LogP contribution in [0, 0.1) is 10.1 Å². The summed E-state index contributed by atoms with van der Waals surface area (Å²) >= 11 is 0. The van der Waals surface area contributed by atoms with Crippen LogP contribution in [0.5, 0.6) is 5.75 Å². The van der Waals surface area contributed by atoms with Gasteiger partial charge in [0, 0.05) is 32.9 Å². The van der Waals surface area contributed by atoms with Crippen molar-refractivity contribution >= 4 is 17.4 Å². The van der Waals surface area contributed by atoms with E-state index in [0.717, 1.165) is 5.56 Å². The Morgan fingerprint density at radius 1 is 1.33 bits per heavy atom. The van der Waals surface area contributed by atoms with Crippen molar-refractivity contribution in [2.24, 2.45) is 0 Å². The predicted octanol–water partition coefficient (Wildman–Crippen LogP) is 2.07. The number of nitrogens with zero attached hydrogens (tertiary/aromatic N) is 3. The summed E-state index contributed by atoms with van der Waals surface area (Å²) in [4.78, 5) is 27.4. The number of carbonyl (C=O) groups excluding carboxylic acids is 1. The molecule has 1 heterocycles. The lowest BCUT2D eigenvalue weighted by molar-refractivity contribution is -0.384. The molecule has 0 aliphatic heterocycles. The second-order valence-corrected chi connectivity index (χ2v) is 5.21. The zero-order valence-electron chi connectivity index (χ0n) is 13.4. The molecule has 8 heteroatoms. The van der Waals surface area contributed by atoms with Gasteiger partial charge in [0.25, 0.3) is 5.91 Å². The monoisotopic (exact) mass is 330 g/mol. The molecule has 0 fully saturated rings. The number of carbonyl (C=O) groups is 1. The number of hydrogen-bond acceptors (Lipinski definition) is 6. The summed E-state index contributed by atoms with van der Waals surface area (Å²) in [7, 11) is 3.32. The first kappa shape index (κ1) is 17.2. The molecule has 0 aliphatic carbocycles. The molecule has 126 valence electrons. The molecule has 0 saturated carbocycles. The highest BCUT2D eigenvalue weighted by Gasteiger charge is 2.13. The van der Waals surface area contributed by atoms with Crippen molar-refractivity contribution in [1.82, 2.24) is 9.88 Å². The maximum atomic E-state index is 11.5. The third-order valence-electron chi connectivity index (χ3n) is 3.20. The highest BCUT2D eigenvalue weighted by molar-refractivity contribution is 5.77. The highest BCUT2D eigenvalue weighted by atomic mass is 16.6. The summed E-state index contributed by atoms with van der Waals surface area (Å²) in [6.45, 7) is 0.298. The lowest BCUT2D eigenvalue weighted by Crippen LogP contribution is -2.27. The quantitative estimate of drug-likeness (QED) is 0.616. The second kappa shape index (κ2) is 7.91. The molecule has 0 bridgehead atoms. The number of benzene rings is 1. The van der Waals surface area contributed by atoms with Gasteiger partial charge in [-0.2, -0.15) is 0 Å². The molecule has 1 aromatic heterocycles. The van der Waals surface area contributed by atoms with Crippen molar-refractivity contribution in [3.63, 3.8) is 0 Å². The van der Waals surface area contributed by atoms with Crippen LogP contribution in [-0.4, -0.2) is 41.4 Å². The molecule has 0 unspecified atom stereocenters.